The van der Waals surface area contributed by atoms with Gasteiger partial charge in [-0.05, 0) is 55.0 Å². The molecule has 1 fully saturated rings. The number of esters is 1. The summed E-state index contributed by atoms with van der Waals surface area (Å²) >= 11 is 0. The predicted molar refractivity (Wildman–Crippen MR) is 124 cm³/mol. The van der Waals surface area contributed by atoms with Crippen LogP contribution in [0, 0.1) is 11.8 Å². The lowest BCUT2D eigenvalue weighted by Gasteiger charge is -2.45. The fraction of sp³-hybridized carbons (Fsp3) is 0.423. The molecule has 1 saturated carbocycles. The molecule has 0 radical (unpaired) electrons. The highest BCUT2D eigenvalue weighted by Gasteiger charge is 2.48. The Morgan fingerprint density at radius 3 is 2.42 bits per heavy atom. The van der Waals surface area contributed by atoms with E-state index in [1.54, 1.807) is 32.0 Å². The maximum absolute atomic E-state index is 12.8. The Kier molecular flexibility index (Phi) is 6.67. The number of carbonyl (C=O) groups is 3. The third-order valence-corrected chi connectivity index (χ3v) is 6.43. The molecule has 2 aliphatic rings. The van der Waals surface area contributed by atoms with Crippen molar-refractivity contribution in [1.82, 2.24) is 5.32 Å². The molecule has 0 bridgehead atoms. The minimum atomic E-state index is -0.533. The van der Waals surface area contributed by atoms with Crippen LogP contribution in [0.3, 0.4) is 0 Å². The molecule has 4 rings (SSSR count). The Labute approximate surface area is 194 Å². The molecule has 2 aromatic rings. The highest BCUT2D eigenvalue weighted by atomic mass is 16.5. The molecule has 0 aromatic heterocycles. The van der Waals surface area contributed by atoms with Crippen LogP contribution in [-0.4, -0.2) is 30.6 Å². The smallest absolute Gasteiger partial charge is 0.407 e. The topological polar surface area (TPSA) is 84.9 Å². The Bertz CT molecular complexity index is 1030. The highest BCUT2D eigenvalue weighted by molar-refractivity contribution is 5.96. The average molecular weight is 451 g/mol. The second-order valence-corrected chi connectivity index (χ2v) is 8.75. The van der Waals surface area contributed by atoms with Gasteiger partial charge >= 0.3 is 12.1 Å². The van der Waals surface area contributed by atoms with Crippen LogP contribution >= 0.6 is 0 Å². The molecule has 2 amide bonds. The lowest BCUT2D eigenvalue weighted by Crippen LogP contribution is -2.53. The molecule has 1 aliphatic carbocycles. The van der Waals surface area contributed by atoms with Gasteiger partial charge in [0.05, 0.1) is 18.2 Å². The molecule has 3 atom stereocenters. The van der Waals surface area contributed by atoms with Crippen molar-refractivity contribution >= 4 is 23.7 Å². The monoisotopic (exact) mass is 450 g/mol. The first-order valence-corrected chi connectivity index (χ1v) is 11.5. The van der Waals surface area contributed by atoms with Crippen LogP contribution in [0.15, 0.2) is 48.5 Å². The van der Waals surface area contributed by atoms with E-state index in [9.17, 15) is 14.4 Å². The Morgan fingerprint density at radius 1 is 1.06 bits per heavy atom. The van der Waals surface area contributed by atoms with Crippen LogP contribution in [0.25, 0.3) is 0 Å². The molecule has 7 nitrogen and oxygen atoms in total. The van der Waals surface area contributed by atoms with Gasteiger partial charge in [0.15, 0.2) is 0 Å². The number of benzene rings is 2. The SMILES string of the molecule is CCOC(=O)c1ccc2c(c1)C(NC(=O)OCc1ccccc1)[C@@H](C)C(C1CC1)N2C(C)=O. The van der Waals surface area contributed by atoms with Crippen molar-refractivity contribution in [2.24, 2.45) is 11.8 Å². The van der Waals surface area contributed by atoms with E-state index >= 15 is 0 Å². The summed E-state index contributed by atoms with van der Waals surface area (Å²) in [7, 11) is 0. The molecule has 7 heteroatoms. The summed E-state index contributed by atoms with van der Waals surface area (Å²) in [5.41, 5.74) is 2.73. The van der Waals surface area contributed by atoms with Crippen molar-refractivity contribution in [2.45, 2.75) is 52.3 Å². The summed E-state index contributed by atoms with van der Waals surface area (Å²) in [5.74, 6) is -0.145. The van der Waals surface area contributed by atoms with Gasteiger partial charge in [0, 0.05) is 24.6 Å². The van der Waals surface area contributed by atoms with Crippen molar-refractivity contribution in [1.29, 1.82) is 0 Å². The van der Waals surface area contributed by atoms with E-state index < -0.39 is 18.1 Å². The summed E-state index contributed by atoms with van der Waals surface area (Å²) in [5, 5.41) is 3.01. The number of ether oxygens (including phenoxy) is 2. The fourth-order valence-electron chi connectivity index (χ4n) is 4.80. The average Bonchev–Trinajstić information content (AvgIpc) is 3.64. The van der Waals surface area contributed by atoms with Gasteiger partial charge in [0.1, 0.15) is 6.61 Å². The standard InChI is InChI=1S/C26H30N2O5/c1-4-32-25(30)20-12-13-22-21(14-20)23(16(2)24(19-10-11-19)28(22)17(3)29)27-26(31)33-15-18-8-6-5-7-9-18/h5-9,12-14,16,19,23-24H,4,10-11,15H2,1-3H3,(H,27,31)/t16-,23?,24?/m1/s1. The van der Waals surface area contributed by atoms with E-state index in [0.29, 0.717) is 11.5 Å². The zero-order chi connectivity index (χ0) is 23.5. The van der Waals surface area contributed by atoms with Gasteiger partial charge in [-0.15, -0.1) is 0 Å². The molecule has 2 aromatic carbocycles. The number of carbonyl (C=O) groups excluding carboxylic acids is 3. The number of anilines is 1. The van der Waals surface area contributed by atoms with Gasteiger partial charge < -0.3 is 19.7 Å². The van der Waals surface area contributed by atoms with Gasteiger partial charge in [-0.25, -0.2) is 9.59 Å². The lowest BCUT2D eigenvalue weighted by molar-refractivity contribution is -0.117. The van der Waals surface area contributed by atoms with Gasteiger partial charge in [0.2, 0.25) is 5.91 Å². The Morgan fingerprint density at radius 2 is 1.79 bits per heavy atom. The van der Waals surface area contributed by atoms with Crippen molar-refractivity contribution in [3.8, 4) is 0 Å². The second kappa shape index (κ2) is 9.65. The maximum atomic E-state index is 12.8. The molecule has 1 N–H and O–H groups in total. The molecule has 1 aliphatic heterocycles. The van der Waals surface area contributed by atoms with Crippen LogP contribution < -0.4 is 10.2 Å². The van der Waals surface area contributed by atoms with Crippen molar-refractivity contribution in [3.05, 3.63) is 65.2 Å². The minimum Gasteiger partial charge on any atom is -0.462 e. The van der Waals surface area contributed by atoms with E-state index in [1.807, 2.05) is 42.2 Å². The van der Waals surface area contributed by atoms with Crippen molar-refractivity contribution in [3.63, 3.8) is 0 Å². The van der Waals surface area contributed by atoms with E-state index in [4.69, 9.17) is 9.47 Å². The first-order chi connectivity index (χ1) is 15.9. The van der Waals surface area contributed by atoms with Crippen molar-refractivity contribution in [2.75, 3.05) is 11.5 Å². The van der Waals surface area contributed by atoms with E-state index in [1.165, 1.54) is 0 Å². The molecule has 0 saturated heterocycles. The summed E-state index contributed by atoms with van der Waals surface area (Å²) < 4.78 is 10.6. The van der Waals surface area contributed by atoms with Crippen molar-refractivity contribution < 1.29 is 23.9 Å². The molecular weight excluding hydrogens is 420 g/mol. The number of alkyl carbamates (subject to hydrolysis) is 1. The fourth-order valence-corrected chi connectivity index (χ4v) is 4.80. The first kappa shape index (κ1) is 22.8. The zero-order valence-corrected chi connectivity index (χ0v) is 19.2. The number of fused-ring (bicyclic) bond motifs is 1. The molecule has 33 heavy (non-hydrogen) atoms. The molecule has 0 spiro atoms. The first-order valence-electron chi connectivity index (χ1n) is 11.5. The maximum Gasteiger partial charge on any atom is 0.407 e. The number of nitrogens with zero attached hydrogens (tertiary/aromatic N) is 1. The molecule has 2 unspecified atom stereocenters. The number of hydrogen-bond donors (Lipinski definition) is 1. The molecule has 1 heterocycles. The lowest BCUT2D eigenvalue weighted by atomic mass is 9.79. The quantitative estimate of drug-likeness (QED) is 0.650. The Balaban J connectivity index is 1.64. The number of nitrogens with one attached hydrogen (secondary N) is 1. The number of amides is 2. The van der Waals surface area contributed by atoms with Crippen LogP contribution in [0.5, 0.6) is 0 Å². The number of hydrogen-bond acceptors (Lipinski definition) is 5. The highest BCUT2D eigenvalue weighted by Crippen LogP contribution is 2.49. The van der Waals surface area contributed by atoms with Gasteiger partial charge in [-0.3, -0.25) is 4.79 Å². The predicted octanol–water partition coefficient (Wildman–Crippen LogP) is 4.61. The minimum absolute atomic E-state index is 0.0251. The second-order valence-electron chi connectivity index (χ2n) is 8.75. The summed E-state index contributed by atoms with van der Waals surface area (Å²) in [6, 6.07) is 14.2. The molecular formula is C26H30N2O5. The third-order valence-electron chi connectivity index (χ3n) is 6.43. The van der Waals surface area contributed by atoms with Crippen LogP contribution in [0.1, 0.15) is 61.1 Å². The summed E-state index contributed by atoms with van der Waals surface area (Å²) in [6.07, 6.45) is 1.58. The van der Waals surface area contributed by atoms with E-state index in [2.05, 4.69) is 5.32 Å². The Hall–Kier alpha value is -3.35. The van der Waals surface area contributed by atoms with Gasteiger partial charge in [-0.1, -0.05) is 37.3 Å². The normalized spacial score (nSPS) is 21.7. The summed E-state index contributed by atoms with van der Waals surface area (Å²) in [6.45, 7) is 5.79. The third kappa shape index (κ3) is 4.87. The van der Waals surface area contributed by atoms with Crippen LogP contribution in [-0.2, 0) is 20.9 Å². The number of rotatable bonds is 6. The van der Waals surface area contributed by atoms with Crippen LogP contribution in [0.4, 0.5) is 10.5 Å². The largest absolute Gasteiger partial charge is 0.462 e. The molecule has 174 valence electrons. The van der Waals surface area contributed by atoms with Crippen LogP contribution in [0.2, 0.25) is 0 Å². The summed E-state index contributed by atoms with van der Waals surface area (Å²) in [4.78, 5) is 39.7. The zero-order valence-electron chi connectivity index (χ0n) is 19.2. The van der Waals surface area contributed by atoms with Gasteiger partial charge in [0.25, 0.3) is 0 Å². The van der Waals surface area contributed by atoms with E-state index in [-0.39, 0.29) is 31.1 Å². The van der Waals surface area contributed by atoms with E-state index in [0.717, 1.165) is 29.7 Å². The van der Waals surface area contributed by atoms with Gasteiger partial charge in [-0.2, -0.15) is 0 Å².